The van der Waals surface area contributed by atoms with Gasteiger partial charge in [0.25, 0.3) is 5.91 Å². The van der Waals surface area contributed by atoms with E-state index in [1.54, 1.807) is 37.7 Å². The molecule has 0 bridgehead atoms. The number of para-hydroxylation sites is 1. The topological polar surface area (TPSA) is 108 Å². The maximum Gasteiger partial charge on any atom is 0.256 e. The molecule has 2 aliphatic heterocycles. The van der Waals surface area contributed by atoms with Crippen molar-refractivity contribution < 1.29 is 23.7 Å². The molecule has 1 saturated heterocycles. The van der Waals surface area contributed by atoms with E-state index in [0.29, 0.717) is 47.5 Å². The predicted octanol–water partition coefficient (Wildman–Crippen LogP) is 10.0. The van der Waals surface area contributed by atoms with Gasteiger partial charge in [-0.25, -0.2) is 4.98 Å². The quantitative estimate of drug-likeness (QED) is 0.129. The smallest absolute Gasteiger partial charge is 0.256 e. The van der Waals surface area contributed by atoms with Crippen LogP contribution in [-0.4, -0.2) is 62.0 Å². The molecule has 0 radical (unpaired) electrons. The minimum Gasteiger partial charge on any atom is -0.493 e. The van der Waals surface area contributed by atoms with Crippen molar-refractivity contribution in [1.29, 1.82) is 0 Å². The molecular formula is C41H54N4O5S. The molecule has 1 unspecified atom stereocenters. The van der Waals surface area contributed by atoms with Crippen molar-refractivity contribution in [3.8, 4) is 33.6 Å². The van der Waals surface area contributed by atoms with Crippen LogP contribution in [0.1, 0.15) is 77.6 Å². The number of ether oxygens (including phenoxy) is 4. The molecule has 274 valence electrons. The highest BCUT2D eigenvalue weighted by Gasteiger charge is 2.32. The lowest BCUT2D eigenvalue weighted by Gasteiger charge is -2.20. The summed E-state index contributed by atoms with van der Waals surface area (Å²) in [5, 5.41) is 0.951. The molecule has 1 atom stereocenters. The Bertz CT molecular complexity index is 1740. The minimum absolute atomic E-state index is 0.000499. The van der Waals surface area contributed by atoms with Gasteiger partial charge in [0.05, 0.1) is 54.9 Å². The van der Waals surface area contributed by atoms with Crippen molar-refractivity contribution >= 4 is 39.4 Å². The van der Waals surface area contributed by atoms with Crippen molar-refractivity contribution in [2.24, 2.45) is 10.7 Å². The molecule has 0 spiro atoms. The van der Waals surface area contributed by atoms with Gasteiger partial charge in [0, 0.05) is 30.1 Å². The summed E-state index contributed by atoms with van der Waals surface area (Å²) >= 11 is 1.66. The number of aliphatic imine (C=N–C) groups is 1. The average Bonchev–Trinajstić information content (AvgIpc) is 3.81. The molecule has 0 saturated carbocycles. The zero-order valence-corrected chi connectivity index (χ0v) is 32.2. The highest BCUT2D eigenvalue weighted by atomic mass is 32.1. The van der Waals surface area contributed by atoms with E-state index >= 15 is 0 Å². The van der Waals surface area contributed by atoms with E-state index < -0.39 is 0 Å². The fraction of sp³-hybridized carbons (Fsp3) is 0.390. The second kappa shape index (κ2) is 21.4. The Morgan fingerprint density at radius 1 is 0.922 bits per heavy atom. The van der Waals surface area contributed by atoms with Gasteiger partial charge < -0.3 is 29.6 Å². The van der Waals surface area contributed by atoms with E-state index in [0.717, 1.165) is 58.7 Å². The number of methoxy groups -OCH3 is 2. The number of benzene rings is 3. The maximum absolute atomic E-state index is 13.0. The second-order valence-electron chi connectivity index (χ2n) is 11.5. The number of carbonyl (C=O) groups is 1. The second-order valence-corrected chi connectivity index (χ2v) is 12.5. The highest BCUT2D eigenvalue weighted by molar-refractivity contribution is 7.21. The number of rotatable bonds is 10. The van der Waals surface area contributed by atoms with Gasteiger partial charge in [-0.3, -0.25) is 9.79 Å². The molecule has 2 N–H and O–H groups in total. The predicted molar refractivity (Wildman–Crippen MR) is 212 cm³/mol. The van der Waals surface area contributed by atoms with Gasteiger partial charge in [-0.15, -0.1) is 11.3 Å². The number of fused-ring (bicyclic) bond motifs is 3. The number of thiazole rings is 1. The molecule has 1 fully saturated rings. The van der Waals surface area contributed by atoms with Gasteiger partial charge in [-0.05, 0) is 89.8 Å². The monoisotopic (exact) mass is 714 g/mol. The highest BCUT2D eigenvalue weighted by Crippen LogP contribution is 2.39. The van der Waals surface area contributed by atoms with Crippen LogP contribution in [0.4, 0.5) is 5.69 Å². The van der Waals surface area contributed by atoms with Crippen molar-refractivity contribution in [3.63, 3.8) is 0 Å². The SMILES string of the molecule is C/C=C(\C)N.C/C=C\C.CC.COc1cc(-c2nc3ccccc3s2)ccc1OCCCCOc1cc2c(cc1OC)C(=O)N1CCCC1C=N2. The standard InChI is InChI=1S/C31H31N3O5S.C4H9N.C4H8.C2H6/c1-36-26-16-20(30-33-23-9-3-4-10-29(23)40-30)11-12-25(26)38-14-5-6-15-39-28-18-24-22(17-27(28)37-2)31(35)34-13-7-8-21(34)19-32-24;1-3-4(2)5;1-3-4-2;1-2/h3-4,9-12,16-19,21H,5-8,13-15H2,1-2H3;3H,5H2,1-2H3;3-4H,1-2H3;1-2H3/b;4-3+;4-3-;. The normalized spacial score (nSPS) is 14.6. The fourth-order valence-electron chi connectivity index (χ4n) is 5.10. The van der Waals surface area contributed by atoms with Gasteiger partial charge in [0.1, 0.15) is 5.01 Å². The molecule has 6 rings (SSSR count). The Labute approximate surface area is 307 Å². The van der Waals surface area contributed by atoms with Crippen molar-refractivity contribution in [2.45, 2.75) is 73.3 Å². The number of unbranched alkanes of at least 4 members (excludes halogenated alkanes) is 1. The molecule has 3 heterocycles. The zero-order chi connectivity index (χ0) is 37.2. The number of carbonyl (C=O) groups excluding carboxylic acids is 1. The average molecular weight is 715 g/mol. The number of amides is 1. The molecule has 1 amide bonds. The van der Waals surface area contributed by atoms with E-state index in [1.165, 1.54) is 0 Å². The van der Waals surface area contributed by atoms with Crippen LogP contribution in [0.2, 0.25) is 0 Å². The van der Waals surface area contributed by atoms with Gasteiger partial charge in [-0.2, -0.15) is 0 Å². The number of aromatic nitrogens is 1. The Hall–Kier alpha value is -4.83. The van der Waals surface area contributed by atoms with Crippen LogP contribution in [-0.2, 0) is 0 Å². The summed E-state index contributed by atoms with van der Waals surface area (Å²) < 4.78 is 24.4. The van der Waals surface area contributed by atoms with Crippen LogP contribution in [0.25, 0.3) is 20.8 Å². The molecular weight excluding hydrogens is 661 g/mol. The largest absolute Gasteiger partial charge is 0.493 e. The van der Waals surface area contributed by atoms with Gasteiger partial charge >= 0.3 is 0 Å². The first kappa shape index (κ1) is 40.6. The molecule has 9 nitrogen and oxygen atoms in total. The molecule has 0 aliphatic carbocycles. The van der Waals surface area contributed by atoms with Gasteiger partial charge in [0.2, 0.25) is 0 Å². The lowest BCUT2D eigenvalue weighted by molar-refractivity contribution is 0.0774. The first-order valence-electron chi connectivity index (χ1n) is 17.7. The van der Waals surface area contributed by atoms with Crippen LogP contribution in [0.3, 0.4) is 0 Å². The van der Waals surface area contributed by atoms with Crippen LogP contribution in [0.15, 0.2) is 83.5 Å². The molecule has 10 heteroatoms. The minimum atomic E-state index is 0.000499. The van der Waals surface area contributed by atoms with Crippen molar-refractivity contribution in [3.05, 3.63) is 84.1 Å². The van der Waals surface area contributed by atoms with Gasteiger partial charge in [0.15, 0.2) is 23.0 Å². The number of hydrogen-bond donors (Lipinski definition) is 1. The summed E-state index contributed by atoms with van der Waals surface area (Å²) in [6.07, 6.45) is 11.3. The molecule has 51 heavy (non-hydrogen) atoms. The summed E-state index contributed by atoms with van der Waals surface area (Å²) in [7, 11) is 3.23. The lowest BCUT2D eigenvalue weighted by atomic mass is 10.1. The zero-order valence-electron chi connectivity index (χ0n) is 31.4. The van der Waals surface area contributed by atoms with Crippen LogP contribution < -0.4 is 24.7 Å². The fourth-order valence-corrected chi connectivity index (χ4v) is 6.07. The molecule has 4 aromatic rings. The van der Waals surface area contributed by atoms with Crippen molar-refractivity contribution in [2.75, 3.05) is 34.0 Å². The van der Waals surface area contributed by atoms with Gasteiger partial charge in [-0.1, -0.05) is 44.2 Å². The Morgan fingerprint density at radius 2 is 1.57 bits per heavy atom. The lowest BCUT2D eigenvalue weighted by Crippen LogP contribution is -2.35. The third-order valence-electron chi connectivity index (χ3n) is 8.01. The van der Waals surface area contributed by atoms with E-state index in [1.807, 2.05) is 107 Å². The Kier molecular flexibility index (Phi) is 17.0. The van der Waals surface area contributed by atoms with E-state index in [2.05, 4.69) is 11.1 Å². The van der Waals surface area contributed by atoms with E-state index in [9.17, 15) is 4.79 Å². The third kappa shape index (κ3) is 11.3. The third-order valence-corrected chi connectivity index (χ3v) is 9.09. The van der Waals surface area contributed by atoms with Crippen LogP contribution >= 0.6 is 11.3 Å². The molecule has 2 aliphatic rings. The van der Waals surface area contributed by atoms with E-state index in [-0.39, 0.29) is 11.9 Å². The summed E-state index contributed by atoms with van der Waals surface area (Å²) in [6, 6.07) is 17.7. The summed E-state index contributed by atoms with van der Waals surface area (Å²) in [4.78, 5) is 24.3. The van der Waals surface area contributed by atoms with Crippen molar-refractivity contribution in [1.82, 2.24) is 9.88 Å². The number of allylic oxidation sites excluding steroid dienone is 4. The summed E-state index contributed by atoms with van der Waals surface area (Å²) in [5.41, 5.74) is 9.21. The van der Waals surface area contributed by atoms with E-state index in [4.69, 9.17) is 29.7 Å². The summed E-state index contributed by atoms with van der Waals surface area (Å²) in [6.45, 7) is 13.5. The van der Waals surface area contributed by atoms with Crippen LogP contribution in [0.5, 0.6) is 23.0 Å². The molecule has 3 aromatic carbocycles. The Morgan fingerprint density at radius 3 is 2.20 bits per heavy atom. The maximum atomic E-state index is 13.0. The number of nitrogens with two attached hydrogens (primary N) is 1. The number of nitrogens with zero attached hydrogens (tertiary/aromatic N) is 3. The first-order valence-corrected chi connectivity index (χ1v) is 18.5. The molecule has 1 aromatic heterocycles. The summed E-state index contributed by atoms with van der Waals surface area (Å²) in [5.74, 6) is 2.50. The Balaban J connectivity index is 0.000000565. The first-order chi connectivity index (χ1) is 24.8. The number of hydrogen-bond acceptors (Lipinski definition) is 9. The van der Waals surface area contributed by atoms with Crippen LogP contribution in [0, 0.1) is 0 Å².